The molecule has 4 bridgehead atoms. The van der Waals surface area contributed by atoms with Crippen molar-refractivity contribution in [2.75, 3.05) is 0 Å². The Labute approximate surface area is 130 Å². The van der Waals surface area contributed by atoms with Crippen molar-refractivity contribution in [2.45, 2.75) is 52.5 Å². The molecule has 4 heteroatoms. The lowest BCUT2D eigenvalue weighted by atomic mass is 9.51. The summed E-state index contributed by atoms with van der Waals surface area (Å²) in [6.07, 6.45) is 6.67. The SMILES string of the molecule is Cc1nc(CNC(=O)C2C3CC4CC(C3)CC2C4)sc1C. The number of hydrogen-bond acceptors (Lipinski definition) is 3. The minimum atomic E-state index is 0.292. The zero-order chi connectivity index (χ0) is 14.6. The van der Waals surface area contributed by atoms with Crippen LogP contribution in [-0.4, -0.2) is 10.9 Å². The van der Waals surface area contributed by atoms with Crippen LogP contribution in [-0.2, 0) is 11.3 Å². The second-order valence-electron chi connectivity index (χ2n) is 7.42. The number of hydrogen-bond donors (Lipinski definition) is 1. The molecule has 1 amide bonds. The van der Waals surface area contributed by atoms with Crippen LogP contribution in [0, 0.1) is 43.4 Å². The van der Waals surface area contributed by atoms with Gasteiger partial charge < -0.3 is 5.32 Å². The van der Waals surface area contributed by atoms with Gasteiger partial charge in [-0.2, -0.15) is 0 Å². The van der Waals surface area contributed by atoms with Crippen LogP contribution in [0.15, 0.2) is 0 Å². The number of nitrogens with one attached hydrogen (secondary N) is 1. The fourth-order valence-electron chi connectivity index (χ4n) is 5.25. The van der Waals surface area contributed by atoms with Gasteiger partial charge in [0.2, 0.25) is 5.91 Å². The highest BCUT2D eigenvalue weighted by Gasteiger charge is 2.50. The number of nitrogens with zero attached hydrogens (tertiary/aromatic N) is 1. The number of carbonyl (C=O) groups is 1. The Morgan fingerprint density at radius 1 is 1.14 bits per heavy atom. The Balaban J connectivity index is 1.41. The van der Waals surface area contributed by atoms with E-state index in [1.165, 1.54) is 37.0 Å². The number of thiazole rings is 1. The van der Waals surface area contributed by atoms with E-state index in [0.717, 1.165) is 22.5 Å². The topological polar surface area (TPSA) is 42.0 Å². The third-order valence-corrected chi connectivity index (χ3v) is 7.09. The summed E-state index contributed by atoms with van der Waals surface area (Å²) in [6.45, 7) is 4.74. The van der Waals surface area contributed by atoms with Crippen LogP contribution in [0.3, 0.4) is 0 Å². The van der Waals surface area contributed by atoms with E-state index >= 15 is 0 Å². The van der Waals surface area contributed by atoms with Crippen LogP contribution in [0.2, 0.25) is 0 Å². The van der Waals surface area contributed by atoms with E-state index in [-0.39, 0.29) is 0 Å². The van der Waals surface area contributed by atoms with Gasteiger partial charge in [-0.3, -0.25) is 4.79 Å². The van der Waals surface area contributed by atoms with Gasteiger partial charge >= 0.3 is 0 Å². The standard InChI is InChI=1S/C17H24N2OS/c1-9-10(2)21-15(19-9)8-18-17(20)16-13-4-11-3-12(6-13)7-14(16)5-11/h11-14,16H,3-8H2,1-2H3,(H,18,20). The zero-order valence-electron chi connectivity index (χ0n) is 12.9. The number of aryl methyl sites for hydroxylation is 2. The molecule has 4 saturated carbocycles. The van der Waals surface area contributed by atoms with Crippen molar-refractivity contribution in [3.05, 3.63) is 15.6 Å². The molecule has 4 fully saturated rings. The molecule has 1 N–H and O–H groups in total. The van der Waals surface area contributed by atoms with Crippen molar-refractivity contribution < 1.29 is 4.79 Å². The quantitative estimate of drug-likeness (QED) is 0.929. The van der Waals surface area contributed by atoms with E-state index in [2.05, 4.69) is 17.2 Å². The average Bonchev–Trinajstić information content (AvgIpc) is 2.74. The summed E-state index contributed by atoms with van der Waals surface area (Å²) in [5.74, 6) is 3.79. The summed E-state index contributed by atoms with van der Waals surface area (Å²) in [5, 5.41) is 4.22. The second-order valence-corrected chi connectivity index (χ2v) is 8.71. The van der Waals surface area contributed by atoms with Crippen LogP contribution in [0.5, 0.6) is 0 Å². The summed E-state index contributed by atoms with van der Waals surface area (Å²) in [7, 11) is 0. The molecule has 4 aliphatic rings. The molecular weight excluding hydrogens is 280 g/mol. The molecule has 0 saturated heterocycles. The summed E-state index contributed by atoms with van der Waals surface area (Å²) >= 11 is 1.71. The fraction of sp³-hybridized carbons (Fsp3) is 0.765. The highest BCUT2D eigenvalue weighted by molar-refractivity contribution is 7.11. The minimum absolute atomic E-state index is 0.292. The lowest BCUT2D eigenvalue weighted by Gasteiger charge is -2.53. The number of aromatic nitrogens is 1. The van der Waals surface area contributed by atoms with E-state index in [1.54, 1.807) is 11.3 Å². The summed E-state index contributed by atoms with van der Waals surface area (Å²) in [4.78, 5) is 18.4. The predicted octanol–water partition coefficient (Wildman–Crippen LogP) is 3.45. The highest BCUT2D eigenvalue weighted by atomic mass is 32.1. The third-order valence-electron chi connectivity index (χ3n) is 6.02. The van der Waals surface area contributed by atoms with E-state index in [1.807, 2.05) is 6.92 Å². The molecule has 0 aliphatic heterocycles. The van der Waals surface area contributed by atoms with Crippen molar-refractivity contribution in [3.63, 3.8) is 0 Å². The van der Waals surface area contributed by atoms with Gasteiger partial charge in [-0.15, -0.1) is 11.3 Å². The molecule has 21 heavy (non-hydrogen) atoms. The molecule has 114 valence electrons. The van der Waals surface area contributed by atoms with Gasteiger partial charge in [-0.25, -0.2) is 4.98 Å². The first kappa shape index (κ1) is 13.7. The fourth-order valence-corrected chi connectivity index (χ4v) is 6.12. The van der Waals surface area contributed by atoms with Crippen LogP contribution in [0.1, 0.15) is 47.7 Å². The molecule has 0 aromatic carbocycles. The van der Waals surface area contributed by atoms with Gasteiger partial charge in [-0.1, -0.05) is 0 Å². The predicted molar refractivity (Wildman–Crippen MR) is 84.0 cm³/mol. The van der Waals surface area contributed by atoms with Gasteiger partial charge in [0.15, 0.2) is 0 Å². The highest BCUT2D eigenvalue weighted by Crippen LogP contribution is 2.56. The van der Waals surface area contributed by atoms with Crippen LogP contribution >= 0.6 is 11.3 Å². The normalized spacial score (nSPS) is 37.0. The van der Waals surface area contributed by atoms with Crippen LogP contribution in [0.25, 0.3) is 0 Å². The summed E-state index contributed by atoms with van der Waals surface area (Å²) in [6, 6.07) is 0. The van der Waals surface area contributed by atoms with Crippen molar-refractivity contribution in [2.24, 2.45) is 29.6 Å². The smallest absolute Gasteiger partial charge is 0.224 e. The van der Waals surface area contributed by atoms with Crippen molar-refractivity contribution in [1.29, 1.82) is 0 Å². The maximum atomic E-state index is 12.7. The molecule has 0 spiro atoms. The van der Waals surface area contributed by atoms with E-state index in [0.29, 0.717) is 30.2 Å². The van der Waals surface area contributed by atoms with Gasteiger partial charge in [0.05, 0.1) is 12.2 Å². The Hall–Kier alpha value is -0.900. The summed E-state index contributed by atoms with van der Waals surface area (Å²) in [5.41, 5.74) is 1.10. The first-order valence-corrected chi connectivity index (χ1v) is 9.12. The summed E-state index contributed by atoms with van der Waals surface area (Å²) < 4.78 is 0. The Morgan fingerprint density at radius 3 is 2.29 bits per heavy atom. The maximum absolute atomic E-state index is 12.7. The second kappa shape index (κ2) is 5.08. The molecule has 4 aliphatic carbocycles. The van der Waals surface area contributed by atoms with Crippen LogP contribution in [0.4, 0.5) is 0 Å². The largest absolute Gasteiger partial charge is 0.349 e. The molecule has 1 aromatic heterocycles. The molecule has 0 radical (unpaired) electrons. The molecular formula is C17H24N2OS. The minimum Gasteiger partial charge on any atom is -0.349 e. The molecule has 5 rings (SSSR count). The van der Waals surface area contributed by atoms with E-state index in [4.69, 9.17) is 0 Å². The van der Waals surface area contributed by atoms with Gasteiger partial charge in [0.25, 0.3) is 0 Å². The van der Waals surface area contributed by atoms with E-state index < -0.39 is 0 Å². The average molecular weight is 304 g/mol. The number of amides is 1. The maximum Gasteiger partial charge on any atom is 0.224 e. The Morgan fingerprint density at radius 2 is 1.76 bits per heavy atom. The molecule has 1 aromatic rings. The van der Waals surface area contributed by atoms with Crippen molar-refractivity contribution in [3.8, 4) is 0 Å². The first-order chi connectivity index (χ1) is 10.1. The lowest BCUT2D eigenvalue weighted by Crippen LogP contribution is -2.50. The monoisotopic (exact) mass is 304 g/mol. The van der Waals surface area contributed by atoms with Gasteiger partial charge in [0, 0.05) is 10.8 Å². The lowest BCUT2D eigenvalue weighted by molar-refractivity contribution is -0.138. The number of rotatable bonds is 3. The molecule has 0 atom stereocenters. The zero-order valence-corrected chi connectivity index (χ0v) is 13.7. The van der Waals surface area contributed by atoms with Crippen molar-refractivity contribution in [1.82, 2.24) is 10.3 Å². The van der Waals surface area contributed by atoms with Gasteiger partial charge in [-0.05, 0) is 69.6 Å². The molecule has 0 unspecified atom stereocenters. The Bertz CT molecular complexity index is 518. The van der Waals surface area contributed by atoms with Crippen molar-refractivity contribution >= 4 is 17.2 Å². The molecule has 3 nitrogen and oxygen atoms in total. The molecule has 1 heterocycles. The number of carbonyl (C=O) groups excluding carboxylic acids is 1. The third kappa shape index (κ3) is 2.41. The van der Waals surface area contributed by atoms with Crippen LogP contribution < -0.4 is 5.32 Å². The first-order valence-electron chi connectivity index (χ1n) is 8.30. The van der Waals surface area contributed by atoms with E-state index in [9.17, 15) is 4.79 Å². The Kier molecular flexibility index (Phi) is 3.32. The van der Waals surface area contributed by atoms with Gasteiger partial charge in [0.1, 0.15) is 5.01 Å².